The molecule has 0 spiro atoms. The molecular formula is C17H20ClN5O. The number of anilines is 1. The molecule has 24 heavy (non-hydrogen) atoms. The molecule has 0 fully saturated rings. The van der Waals surface area contributed by atoms with E-state index in [1.807, 2.05) is 43.7 Å². The molecular weight excluding hydrogens is 326 g/mol. The van der Waals surface area contributed by atoms with Crippen LogP contribution in [-0.4, -0.2) is 25.5 Å². The maximum atomic E-state index is 12.3. The number of aromatic nitrogens is 4. The lowest BCUT2D eigenvalue weighted by atomic mass is 10.2. The van der Waals surface area contributed by atoms with Crippen LogP contribution in [-0.2, 0) is 17.9 Å². The molecule has 3 aromatic rings. The highest BCUT2D eigenvalue weighted by molar-refractivity contribution is 6.35. The summed E-state index contributed by atoms with van der Waals surface area (Å²) in [5, 5.41) is 13.3. The number of aryl methyl sites for hydroxylation is 3. The van der Waals surface area contributed by atoms with Crippen molar-refractivity contribution in [3.05, 3.63) is 40.8 Å². The topological polar surface area (TPSA) is 64.7 Å². The first-order valence-electron chi connectivity index (χ1n) is 7.95. The zero-order valence-electron chi connectivity index (χ0n) is 14.0. The Bertz CT molecular complexity index is 896. The Balaban J connectivity index is 1.69. The number of amides is 1. The number of hydrogen-bond donors (Lipinski definition) is 1. The Labute approximate surface area is 145 Å². The van der Waals surface area contributed by atoms with E-state index >= 15 is 0 Å². The molecule has 0 aliphatic heterocycles. The lowest BCUT2D eigenvalue weighted by molar-refractivity contribution is -0.116. The SMILES string of the molecule is CCn1nc(C)c(NC(=O)CCn2ncc3c(Cl)cccc32)c1C. The van der Waals surface area contributed by atoms with Crippen molar-refractivity contribution in [3.63, 3.8) is 0 Å². The highest BCUT2D eigenvalue weighted by Gasteiger charge is 2.14. The summed E-state index contributed by atoms with van der Waals surface area (Å²) in [6.45, 7) is 7.16. The lowest BCUT2D eigenvalue weighted by Gasteiger charge is -2.07. The highest BCUT2D eigenvalue weighted by atomic mass is 35.5. The number of halogens is 1. The van der Waals surface area contributed by atoms with E-state index in [1.165, 1.54) is 0 Å². The molecule has 0 saturated carbocycles. The van der Waals surface area contributed by atoms with Crippen LogP contribution in [0.1, 0.15) is 24.7 Å². The third kappa shape index (κ3) is 3.01. The molecule has 0 radical (unpaired) electrons. The van der Waals surface area contributed by atoms with Gasteiger partial charge in [-0.2, -0.15) is 10.2 Å². The Morgan fingerprint density at radius 2 is 2.08 bits per heavy atom. The normalized spacial score (nSPS) is 11.2. The van der Waals surface area contributed by atoms with E-state index in [9.17, 15) is 4.79 Å². The molecule has 7 heteroatoms. The maximum absolute atomic E-state index is 12.3. The summed E-state index contributed by atoms with van der Waals surface area (Å²) in [6, 6.07) is 5.67. The molecule has 0 atom stereocenters. The van der Waals surface area contributed by atoms with Gasteiger partial charge in [-0.25, -0.2) is 0 Å². The van der Waals surface area contributed by atoms with Gasteiger partial charge in [-0.1, -0.05) is 17.7 Å². The smallest absolute Gasteiger partial charge is 0.226 e. The molecule has 6 nitrogen and oxygen atoms in total. The first kappa shape index (κ1) is 16.5. The van der Waals surface area contributed by atoms with Crippen LogP contribution in [0.2, 0.25) is 5.02 Å². The van der Waals surface area contributed by atoms with Crippen molar-refractivity contribution < 1.29 is 4.79 Å². The first-order valence-corrected chi connectivity index (χ1v) is 8.33. The third-order valence-electron chi connectivity index (χ3n) is 4.13. The lowest BCUT2D eigenvalue weighted by Crippen LogP contribution is -2.16. The number of nitrogens with one attached hydrogen (secondary N) is 1. The predicted molar refractivity (Wildman–Crippen MR) is 95.4 cm³/mol. The summed E-state index contributed by atoms with van der Waals surface area (Å²) >= 11 is 6.15. The van der Waals surface area contributed by atoms with Gasteiger partial charge in [0.15, 0.2) is 0 Å². The molecule has 0 saturated heterocycles. The number of benzene rings is 1. The van der Waals surface area contributed by atoms with Crippen molar-refractivity contribution >= 4 is 34.1 Å². The molecule has 0 aliphatic carbocycles. The molecule has 1 aromatic carbocycles. The molecule has 2 heterocycles. The number of hydrogen-bond acceptors (Lipinski definition) is 3. The van der Waals surface area contributed by atoms with Gasteiger partial charge in [-0.05, 0) is 32.9 Å². The van der Waals surface area contributed by atoms with Gasteiger partial charge in [0.05, 0.1) is 40.4 Å². The fourth-order valence-electron chi connectivity index (χ4n) is 2.84. The van der Waals surface area contributed by atoms with Crippen LogP contribution >= 0.6 is 11.6 Å². The molecule has 3 rings (SSSR count). The van der Waals surface area contributed by atoms with Crippen molar-refractivity contribution in [3.8, 4) is 0 Å². The van der Waals surface area contributed by atoms with E-state index in [0.29, 0.717) is 18.0 Å². The molecule has 1 N–H and O–H groups in total. The van der Waals surface area contributed by atoms with Crippen LogP contribution in [0.15, 0.2) is 24.4 Å². The largest absolute Gasteiger partial charge is 0.323 e. The van der Waals surface area contributed by atoms with Crippen LogP contribution < -0.4 is 5.32 Å². The Hall–Kier alpha value is -2.34. The number of fused-ring (bicyclic) bond motifs is 1. The average Bonchev–Trinajstić information content (AvgIpc) is 3.10. The number of rotatable bonds is 5. The fourth-order valence-corrected chi connectivity index (χ4v) is 3.06. The second kappa shape index (κ2) is 6.65. The Morgan fingerprint density at radius 1 is 1.29 bits per heavy atom. The summed E-state index contributed by atoms with van der Waals surface area (Å²) in [7, 11) is 0. The van der Waals surface area contributed by atoms with Crippen LogP contribution in [0.5, 0.6) is 0 Å². The van der Waals surface area contributed by atoms with Gasteiger partial charge in [0.2, 0.25) is 5.91 Å². The molecule has 126 valence electrons. The van der Waals surface area contributed by atoms with E-state index < -0.39 is 0 Å². The van der Waals surface area contributed by atoms with E-state index in [1.54, 1.807) is 10.9 Å². The molecule has 0 aliphatic rings. The summed E-state index contributed by atoms with van der Waals surface area (Å²) < 4.78 is 3.68. The van der Waals surface area contributed by atoms with E-state index in [4.69, 9.17) is 11.6 Å². The van der Waals surface area contributed by atoms with Crippen LogP contribution in [0.4, 0.5) is 5.69 Å². The zero-order chi connectivity index (χ0) is 17.3. The predicted octanol–water partition coefficient (Wildman–Crippen LogP) is 3.55. The fraction of sp³-hybridized carbons (Fsp3) is 0.353. The number of carbonyl (C=O) groups excluding carboxylic acids is 1. The van der Waals surface area contributed by atoms with Crippen molar-refractivity contribution in [1.29, 1.82) is 0 Å². The minimum Gasteiger partial charge on any atom is -0.323 e. The molecule has 0 unspecified atom stereocenters. The van der Waals surface area contributed by atoms with Gasteiger partial charge < -0.3 is 5.32 Å². The minimum absolute atomic E-state index is 0.0532. The Kier molecular flexibility index (Phi) is 4.57. The summed E-state index contributed by atoms with van der Waals surface area (Å²) in [5.74, 6) is -0.0532. The summed E-state index contributed by atoms with van der Waals surface area (Å²) in [5.41, 5.74) is 3.54. The highest BCUT2D eigenvalue weighted by Crippen LogP contribution is 2.23. The van der Waals surface area contributed by atoms with Crippen LogP contribution in [0.25, 0.3) is 10.9 Å². The van der Waals surface area contributed by atoms with Gasteiger partial charge in [0, 0.05) is 18.4 Å². The Morgan fingerprint density at radius 3 is 2.79 bits per heavy atom. The van der Waals surface area contributed by atoms with Crippen LogP contribution in [0, 0.1) is 13.8 Å². The molecule has 1 amide bonds. The number of nitrogens with zero attached hydrogens (tertiary/aromatic N) is 4. The summed E-state index contributed by atoms with van der Waals surface area (Å²) in [6.07, 6.45) is 2.06. The van der Waals surface area contributed by atoms with Gasteiger partial charge in [-0.3, -0.25) is 14.2 Å². The minimum atomic E-state index is -0.0532. The first-order chi connectivity index (χ1) is 11.5. The van der Waals surface area contributed by atoms with Crippen molar-refractivity contribution in [2.75, 3.05) is 5.32 Å². The maximum Gasteiger partial charge on any atom is 0.226 e. The van der Waals surface area contributed by atoms with E-state index in [2.05, 4.69) is 15.5 Å². The zero-order valence-corrected chi connectivity index (χ0v) is 14.8. The third-order valence-corrected chi connectivity index (χ3v) is 4.46. The van der Waals surface area contributed by atoms with Gasteiger partial charge >= 0.3 is 0 Å². The van der Waals surface area contributed by atoms with Crippen LogP contribution in [0.3, 0.4) is 0 Å². The second-order valence-electron chi connectivity index (χ2n) is 5.70. The quantitative estimate of drug-likeness (QED) is 0.769. The second-order valence-corrected chi connectivity index (χ2v) is 6.11. The monoisotopic (exact) mass is 345 g/mol. The van der Waals surface area contributed by atoms with Crippen molar-refractivity contribution in [1.82, 2.24) is 19.6 Å². The number of carbonyl (C=O) groups is 1. The van der Waals surface area contributed by atoms with Gasteiger partial charge in [0.1, 0.15) is 0 Å². The van der Waals surface area contributed by atoms with E-state index in [0.717, 1.165) is 34.5 Å². The molecule has 2 aromatic heterocycles. The van der Waals surface area contributed by atoms with Gasteiger partial charge in [0.25, 0.3) is 0 Å². The van der Waals surface area contributed by atoms with E-state index in [-0.39, 0.29) is 5.91 Å². The average molecular weight is 346 g/mol. The molecule has 0 bridgehead atoms. The standard InChI is InChI=1S/C17H20ClN5O/c1-4-22-12(3)17(11(2)21-22)20-16(24)8-9-23-15-7-5-6-14(18)13(15)10-19-23/h5-7,10H,4,8-9H2,1-3H3,(H,20,24). The van der Waals surface area contributed by atoms with Crippen molar-refractivity contribution in [2.45, 2.75) is 40.3 Å². The van der Waals surface area contributed by atoms with Gasteiger partial charge in [-0.15, -0.1) is 0 Å². The summed E-state index contributed by atoms with van der Waals surface area (Å²) in [4.78, 5) is 12.3. The van der Waals surface area contributed by atoms with Crippen molar-refractivity contribution in [2.24, 2.45) is 0 Å².